The first-order chi connectivity index (χ1) is 16.9. The molecule has 2 amide bonds. The fourth-order valence-corrected chi connectivity index (χ4v) is 4.38. The Labute approximate surface area is 207 Å². The molecule has 2 aromatic heterocycles. The fourth-order valence-electron chi connectivity index (χ4n) is 4.26. The van der Waals surface area contributed by atoms with E-state index in [0.717, 1.165) is 5.56 Å². The molecule has 1 atom stereocenters. The van der Waals surface area contributed by atoms with Crippen LogP contribution < -0.4 is 15.0 Å². The van der Waals surface area contributed by atoms with Gasteiger partial charge in [0.05, 0.1) is 19.9 Å². The number of amides is 2. The van der Waals surface area contributed by atoms with Gasteiger partial charge in [-0.15, -0.1) is 0 Å². The Morgan fingerprint density at radius 1 is 1.17 bits per heavy atom. The quantitative estimate of drug-likeness (QED) is 0.428. The number of furan rings is 1. The molecule has 0 aliphatic carbocycles. The van der Waals surface area contributed by atoms with Crippen molar-refractivity contribution in [2.45, 2.75) is 25.6 Å². The number of fused-ring (bicyclic) bond motifs is 1. The summed E-state index contributed by atoms with van der Waals surface area (Å²) in [6.07, 6.45) is 1.55. The third kappa shape index (κ3) is 4.17. The number of rotatable bonds is 6. The zero-order chi connectivity index (χ0) is 24.6. The van der Waals surface area contributed by atoms with E-state index in [4.69, 9.17) is 20.8 Å². The lowest BCUT2D eigenvalue weighted by molar-refractivity contribution is -0.126. The predicted molar refractivity (Wildman–Crippen MR) is 131 cm³/mol. The highest BCUT2D eigenvalue weighted by Crippen LogP contribution is 2.35. The molecule has 0 saturated carbocycles. The summed E-state index contributed by atoms with van der Waals surface area (Å²) in [5.41, 5.74) is 1.05. The second-order valence-electron chi connectivity index (χ2n) is 8.47. The van der Waals surface area contributed by atoms with Gasteiger partial charge in [-0.2, -0.15) is 5.10 Å². The topological polar surface area (TPSA) is 89.6 Å². The first-order valence-electron chi connectivity index (χ1n) is 11.0. The van der Waals surface area contributed by atoms with Crippen molar-refractivity contribution in [2.24, 2.45) is 0 Å². The lowest BCUT2D eigenvalue weighted by Crippen LogP contribution is -2.64. The Bertz CT molecular complexity index is 1380. The number of benzene rings is 2. The Morgan fingerprint density at radius 2 is 1.97 bits per heavy atom. The molecule has 0 fully saturated rings. The summed E-state index contributed by atoms with van der Waals surface area (Å²) in [5, 5.41) is 8.16. The van der Waals surface area contributed by atoms with Crippen LogP contribution in [0, 0.1) is 0 Å². The molecule has 35 heavy (non-hydrogen) atoms. The lowest BCUT2D eigenvalue weighted by atomic mass is 9.93. The molecule has 178 valence electrons. The van der Waals surface area contributed by atoms with Gasteiger partial charge in [0.2, 0.25) is 5.91 Å². The monoisotopic (exact) mass is 490 g/mol. The van der Waals surface area contributed by atoms with Crippen LogP contribution >= 0.6 is 11.6 Å². The van der Waals surface area contributed by atoms with Crippen LogP contribution in [0.25, 0.3) is 11.5 Å². The molecule has 3 heterocycles. The zero-order valence-electron chi connectivity index (χ0n) is 19.2. The fraction of sp³-hybridized carbons (Fsp3) is 0.192. The molecule has 1 aliphatic heterocycles. The van der Waals surface area contributed by atoms with E-state index in [9.17, 15) is 9.59 Å². The van der Waals surface area contributed by atoms with Gasteiger partial charge in [0.15, 0.2) is 5.76 Å². The zero-order valence-corrected chi connectivity index (χ0v) is 20.0. The summed E-state index contributed by atoms with van der Waals surface area (Å²) in [4.78, 5) is 29.0. The van der Waals surface area contributed by atoms with Crippen molar-refractivity contribution in [3.05, 3.63) is 89.3 Å². The van der Waals surface area contributed by atoms with Gasteiger partial charge in [0.25, 0.3) is 5.91 Å². The number of aromatic nitrogens is 2. The van der Waals surface area contributed by atoms with Crippen molar-refractivity contribution in [1.29, 1.82) is 0 Å². The average molecular weight is 491 g/mol. The minimum absolute atomic E-state index is 0.151. The summed E-state index contributed by atoms with van der Waals surface area (Å²) in [6.45, 7) is 2.17. The number of anilines is 1. The number of carbonyl (C=O) groups is 2. The van der Waals surface area contributed by atoms with E-state index in [0.29, 0.717) is 33.6 Å². The van der Waals surface area contributed by atoms with E-state index < -0.39 is 5.54 Å². The first kappa shape index (κ1) is 22.7. The molecule has 0 saturated heterocycles. The maximum Gasteiger partial charge on any atom is 0.277 e. The van der Waals surface area contributed by atoms with E-state index in [1.54, 1.807) is 79.6 Å². The minimum atomic E-state index is -1.27. The van der Waals surface area contributed by atoms with Gasteiger partial charge < -0.3 is 14.5 Å². The smallest absolute Gasteiger partial charge is 0.277 e. The summed E-state index contributed by atoms with van der Waals surface area (Å²) in [7, 11) is 1.56. The molecule has 1 aliphatic rings. The first-order valence-corrected chi connectivity index (χ1v) is 11.4. The molecule has 1 N–H and O–H groups in total. The number of nitrogens with zero attached hydrogens (tertiary/aromatic N) is 3. The highest BCUT2D eigenvalue weighted by Gasteiger charge is 2.49. The summed E-state index contributed by atoms with van der Waals surface area (Å²) < 4.78 is 12.4. The number of hydrogen-bond acceptors (Lipinski definition) is 5. The van der Waals surface area contributed by atoms with Crippen LogP contribution in [-0.2, 0) is 17.9 Å². The van der Waals surface area contributed by atoms with Crippen LogP contribution in [0.3, 0.4) is 0 Å². The van der Waals surface area contributed by atoms with E-state index in [1.165, 1.54) is 4.90 Å². The molecule has 0 radical (unpaired) electrons. The Hall–Kier alpha value is -4.04. The average Bonchev–Trinajstić information content (AvgIpc) is 3.54. The van der Waals surface area contributed by atoms with Crippen LogP contribution in [0.15, 0.2) is 77.4 Å². The van der Waals surface area contributed by atoms with E-state index >= 15 is 0 Å². The Balaban J connectivity index is 1.53. The maximum atomic E-state index is 13.8. The molecular formula is C26H23ClN4O4. The van der Waals surface area contributed by atoms with E-state index in [1.807, 2.05) is 12.1 Å². The minimum Gasteiger partial charge on any atom is -0.497 e. The highest BCUT2D eigenvalue weighted by molar-refractivity contribution is 6.30. The van der Waals surface area contributed by atoms with Crippen molar-refractivity contribution in [2.75, 3.05) is 12.0 Å². The van der Waals surface area contributed by atoms with Crippen molar-refractivity contribution in [3.63, 3.8) is 0 Å². The van der Waals surface area contributed by atoms with Gasteiger partial charge in [-0.1, -0.05) is 29.8 Å². The highest BCUT2D eigenvalue weighted by atomic mass is 35.5. The van der Waals surface area contributed by atoms with Gasteiger partial charge in [-0.05, 0) is 48.9 Å². The number of halogens is 1. The Morgan fingerprint density at radius 3 is 2.69 bits per heavy atom. The molecule has 2 aromatic carbocycles. The lowest BCUT2D eigenvalue weighted by Gasteiger charge is -2.43. The number of carbonyl (C=O) groups excluding carboxylic acids is 2. The van der Waals surface area contributed by atoms with Crippen molar-refractivity contribution < 1.29 is 18.7 Å². The molecule has 0 spiro atoms. The van der Waals surface area contributed by atoms with Gasteiger partial charge in [-0.25, -0.2) is 0 Å². The second-order valence-corrected chi connectivity index (χ2v) is 8.91. The number of hydrogen-bond donors (Lipinski definition) is 1. The van der Waals surface area contributed by atoms with Crippen molar-refractivity contribution in [3.8, 4) is 17.2 Å². The predicted octanol–water partition coefficient (Wildman–Crippen LogP) is 4.54. The van der Waals surface area contributed by atoms with Gasteiger partial charge in [0.1, 0.15) is 22.7 Å². The molecular weight excluding hydrogens is 468 g/mol. The standard InChI is InChI=1S/C26H23ClN4O4/c1-26(25(33)28-15-17-8-10-18(27)11-9-17)16-30-22(14-21(29-30)23-7-4-12-35-23)24(32)31(26)19-5-3-6-20(13-19)34-2/h3-14H,15-16H2,1-2H3,(H,28,33)/t26-/m0/s1. The third-order valence-electron chi connectivity index (χ3n) is 6.09. The van der Waals surface area contributed by atoms with Crippen LogP contribution in [0.1, 0.15) is 23.0 Å². The normalized spacial score (nSPS) is 17.2. The summed E-state index contributed by atoms with van der Waals surface area (Å²) >= 11 is 5.97. The number of ether oxygens (including phenoxy) is 1. The molecule has 0 bridgehead atoms. The van der Waals surface area contributed by atoms with E-state index in [2.05, 4.69) is 10.4 Å². The SMILES string of the molecule is COc1cccc(N2C(=O)c3cc(-c4ccco4)nn3C[C@@]2(C)C(=O)NCc2ccc(Cl)cc2)c1. The molecule has 9 heteroatoms. The summed E-state index contributed by atoms with van der Waals surface area (Å²) in [5.74, 6) is 0.458. The summed E-state index contributed by atoms with van der Waals surface area (Å²) in [6, 6.07) is 19.5. The van der Waals surface area contributed by atoms with Gasteiger partial charge >= 0.3 is 0 Å². The maximum absolute atomic E-state index is 13.8. The molecule has 5 rings (SSSR count). The molecule has 8 nitrogen and oxygen atoms in total. The largest absolute Gasteiger partial charge is 0.497 e. The van der Waals surface area contributed by atoms with Crippen LogP contribution in [0.4, 0.5) is 5.69 Å². The van der Waals surface area contributed by atoms with Gasteiger partial charge in [-0.3, -0.25) is 19.2 Å². The second kappa shape index (κ2) is 8.96. The van der Waals surface area contributed by atoms with Crippen molar-refractivity contribution in [1.82, 2.24) is 15.1 Å². The molecule has 0 unspecified atom stereocenters. The van der Waals surface area contributed by atoms with Gasteiger partial charge in [0, 0.05) is 29.4 Å². The van der Waals surface area contributed by atoms with Crippen LogP contribution in [0.2, 0.25) is 5.02 Å². The van der Waals surface area contributed by atoms with E-state index in [-0.39, 0.29) is 24.9 Å². The Kier molecular flexibility index (Phi) is 5.82. The third-order valence-corrected chi connectivity index (χ3v) is 6.35. The number of methoxy groups -OCH3 is 1. The van der Waals surface area contributed by atoms with Crippen LogP contribution in [-0.4, -0.2) is 34.2 Å². The van der Waals surface area contributed by atoms with Crippen molar-refractivity contribution >= 4 is 29.1 Å². The molecule has 4 aromatic rings. The van der Waals surface area contributed by atoms with Crippen LogP contribution in [0.5, 0.6) is 5.75 Å². The number of nitrogens with one attached hydrogen (secondary N) is 1.